The van der Waals surface area contributed by atoms with Crippen LogP contribution >= 0.6 is 0 Å². The second-order valence-electron chi connectivity index (χ2n) is 5.05. The van der Waals surface area contributed by atoms with Crippen LogP contribution < -0.4 is 20.7 Å². The molecule has 1 aromatic rings. The number of rotatable bonds is 6. The highest BCUT2D eigenvalue weighted by Gasteiger charge is 2.22. The van der Waals surface area contributed by atoms with E-state index in [-0.39, 0.29) is 12.1 Å². The van der Waals surface area contributed by atoms with Crippen LogP contribution in [0.4, 0.5) is 0 Å². The molecule has 1 saturated heterocycles. The van der Waals surface area contributed by atoms with E-state index in [4.69, 9.17) is 20.1 Å². The molecule has 5 heteroatoms. The van der Waals surface area contributed by atoms with Crippen molar-refractivity contribution in [2.75, 3.05) is 20.8 Å². The minimum absolute atomic E-state index is 0.0129. The monoisotopic (exact) mass is 280 g/mol. The van der Waals surface area contributed by atoms with Crippen molar-refractivity contribution in [2.45, 2.75) is 37.8 Å². The van der Waals surface area contributed by atoms with Gasteiger partial charge in [0.1, 0.15) is 11.5 Å². The summed E-state index contributed by atoms with van der Waals surface area (Å²) < 4.78 is 16.5. The summed E-state index contributed by atoms with van der Waals surface area (Å²) in [7, 11) is 3.30. The lowest BCUT2D eigenvalue weighted by Crippen LogP contribution is -2.33. The largest absolute Gasteiger partial charge is 0.497 e. The minimum atomic E-state index is 0.0129. The molecule has 5 nitrogen and oxygen atoms in total. The molecule has 0 bridgehead atoms. The van der Waals surface area contributed by atoms with Crippen molar-refractivity contribution >= 4 is 0 Å². The van der Waals surface area contributed by atoms with Gasteiger partial charge in [-0.1, -0.05) is 6.07 Å². The van der Waals surface area contributed by atoms with Crippen LogP contribution in [-0.2, 0) is 4.74 Å². The van der Waals surface area contributed by atoms with Crippen molar-refractivity contribution in [1.29, 1.82) is 0 Å². The zero-order valence-electron chi connectivity index (χ0n) is 12.2. The smallest absolute Gasteiger partial charge is 0.127 e. The van der Waals surface area contributed by atoms with Gasteiger partial charge in [0.2, 0.25) is 0 Å². The zero-order valence-corrected chi connectivity index (χ0v) is 12.2. The number of nitrogens with one attached hydrogen (secondary N) is 1. The summed E-state index contributed by atoms with van der Waals surface area (Å²) in [6.07, 6.45) is 4.58. The maximum atomic E-state index is 5.79. The van der Waals surface area contributed by atoms with Crippen molar-refractivity contribution in [3.8, 4) is 11.5 Å². The molecule has 20 heavy (non-hydrogen) atoms. The molecule has 0 aliphatic carbocycles. The summed E-state index contributed by atoms with van der Waals surface area (Å²) in [6, 6.07) is 5.80. The van der Waals surface area contributed by atoms with E-state index in [2.05, 4.69) is 5.43 Å². The average Bonchev–Trinajstić information content (AvgIpc) is 2.53. The minimum Gasteiger partial charge on any atom is -0.497 e. The number of ether oxygens (including phenoxy) is 3. The number of nitrogens with two attached hydrogens (primary N) is 1. The van der Waals surface area contributed by atoms with Gasteiger partial charge in [0.25, 0.3) is 0 Å². The van der Waals surface area contributed by atoms with Gasteiger partial charge in [0.05, 0.1) is 26.4 Å². The maximum absolute atomic E-state index is 5.79. The number of benzene rings is 1. The van der Waals surface area contributed by atoms with Crippen molar-refractivity contribution < 1.29 is 14.2 Å². The highest BCUT2D eigenvalue weighted by Crippen LogP contribution is 2.32. The molecule has 0 spiro atoms. The number of hydrogen-bond donors (Lipinski definition) is 2. The summed E-state index contributed by atoms with van der Waals surface area (Å²) in [5, 5.41) is 0. The first-order valence-corrected chi connectivity index (χ1v) is 7.08. The van der Waals surface area contributed by atoms with Gasteiger partial charge in [-0.2, -0.15) is 0 Å². The molecule has 0 saturated carbocycles. The van der Waals surface area contributed by atoms with Gasteiger partial charge >= 0.3 is 0 Å². The zero-order chi connectivity index (χ0) is 14.4. The lowest BCUT2D eigenvalue weighted by Gasteiger charge is -2.27. The van der Waals surface area contributed by atoms with E-state index >= 15 is 0 Å². The van der Waals surface area contributed by atoms with Crippen molar-refractivity contribution in [2.24, 2.45) is 5.84 Å². The highest BCUT2D eigenvalue weighted by atomic mass is 16.5. The predicted octanol–water partition coefficient (Wildman–Crippen LogP) is 2.17. The topological polar surface area (TPSA) is 65.7 Å². The van der Waals surface area contributed by atoms with Crippen molar-refractivity contribution in [3.05, 3.63) is 23.8 Å². The molecule has 1 aliphatic heterocycles. The Morgan fingerprint density at radius 1 is 1.35 bits per heavy atom. The molecule has 1 aromatic carbocycles. The summed E-state index contributed by atoms with van der Waals surface area (Å²) in [6.45, 7) is 0.849. The third kappa shape index (κ3) is 3.62. The van der Waals surface area contributed by atoms with Crippen LogP contribution in [0.3, 0.4) is 0 Å². The molecule has 0 amide bonds. The van der Waals surface area contributed by atoms with Crippen molar-refractivity contribution in [1.82, 2.24) is 5.43 Å². The summed E-state index contributed by atoms with van der Waals surface area (Å²) in [5.74, 6) is 7.28. The third-order valence-electron chi connectivity index (χ3n) is 3.79. The van der Waals surface area contributed by atoms with Crippen LogP contribution in [-0.4, -0.2) is 26.9 Å². The van der Waals surface area contributed by atoms with Crippen LogP contribution in [0.5, 0.6) is 11.5 Å². The van der Waals surface area contributed by atoms with E-state index < -0.39 is 0 Å². The molecule has 2 rings (SSSR count). The lowest BCUT2D eigenvalue weighted by atomic mass is 9.96. The molecule has 1 aliphatic rings. The van der Waals surface area contributed by atoms with Gasteiger partial charge in [-0.05, 0) is 31.7 Å². The van der Waals surface area contributed by atoms with Crippen LogP contribution in [0.25, 0.3) is 0 Å². The molecular weight excluding hydrogens is 256 g/mol. The molecule has 112 valence electrons. The Balaban J connectivity index is 2.13. The summed E-state index contributed by atoms with van der Waals surface area (Å²) >= 11 is 0. The Bertz CT molecular complexity index is 420. The first kappa shape index (κ1) is 15.1. The molecule has 0 radical (unpaired) electrons. The van der Waals surface area contributed by atoms with Crippen LogP contribution in [0.1, 0.15) is 37.3 Å². The first-order valence-electron chi connectivity index (χ1n) is 7.08. The highest BCUT2D eigenvalue weighted by molar-refractivity contribution is 5.42. The van der Waals surface area contributed by atoms with Gasteiger partial charge in [-0.15, -0.1) is 0 Å². The van der Waals surface area contributed by atoms with E-state index in [0.717, 1.165) is 42.9 Å². The summed E-state index contributed by atoms with van der Waals surface area (Å²) in [5.41, 5.74) is 3.91. The Morgan fingerprint density at radius 3 is 2.80 bits per heavy atom. The molecule has 2 unspecified atom stereocenters. The Kier molecular flexibility index (Phi) is 5.64. The Morgan fingerprint density at radius 2 is 2.20 bits per heavy atom. The van der Waals surface area contributed by atoms with E-state index in [1.807, 2.05) is 18.2 Å². The third-order valence-corrected chi connectivity index (χ3v) is 3.79. The lowest BCUT2D eigenvalue weighted by molar-refractivity contribution is 0.00490. The second kappa shape index (κ2) is 7.47. The van der Waals surface area contributed by atoms with Gasteiger partial charge < -0.3 is 14.2 Å². The van der Waals surface area contributed by atoms with E-state index in [1.165, 1.54) is 6.42 Å². The number of methoxy groups -OCH3 is 2. The molecule has 3 N–H and O–H groups in total. The number of hydrazine groups is 1. The molecule has 2 atom stereocenters. The fourth-order valence-electron chi connectivity index (χ4n) is 2.65. The SMILES string of the molecule is COc1ccc(C(CC2CCCCO2)NN)c(OC)c1. The predicted molar refractivity (Wildman–Crippen MR) is 77.8 cm³/mol. The van der Waals surface area contributed by atoms with Gasteiger partial charge in [0, 0.05) is 18.2 Å². The summed E-state index contributed by atoms with van der Waals surface area (Å²) in [4.78, 5) is 0. The molecule has 0 aromatic heterocycles. The quantitative estimate of drug-likeness (QED) is 0.617. The fourth-order valence-corrected chi connectivity index (χ4v) is 2.65. The van der Waals surface area contributed by atoms with Gasteiger partial charge in [0.15, 0.2) is 0 Å². The Hall–Kier alpha value is -1.30. The van der Waals surface area contributed by atoms with Crippen LogP contribution in [0.15, 0.2) is 18.2 Å². The van der Waals surface area contributed by atoms with E-state index in [0.29, 0.717) is 0 Å². The molecular formula is C15H24N2O3. The fraction of sp³-hybridized carbons (Fsp3) is 0.600. The van der Waals surface area contributed by atoms with Crippen LogP contribution in [0.2, 0.25) is 0 Å². The average molecular weight is 280 g/mol. The normalized spacial score (nSPS) is 20.4. The molecule has 1 heterocycles. The Labute approximate surface area is 120 Å². The van der Waals surface area contributed by atoms with Crippen molar-refractivity contribution in [3.63, 3.8) is 0 Å². The standard InChI is InChI=1S/C15H24N2O3/c1-18-11-6-7-13(15(10-11)19-2)14(17-16)9-12-5-3-4-8-20-12/h6-7,10,12,14,17H,3-5,8-9,16H2,1-2H3. The molecule has 1 fully saturated rings. The maximum Gasteiger partial charge on any atom is 0.127 e. The van der Waals surface area contributed by atoms with Crippen LogP contribution in [0, 0.1) is 0 Å². The van der Waals surface area contributed by atoms with E-state index in [9.17, 15) is 0 Å². The number of hydrogen-bond acceptors (Lipinski definition) is 5. The first-order chi connectivity index (χ1) is 9.78. The second-order valence-corrected chi connectivity index (χ2v) is 5.05. The van der Waals surface area contributed by atoms with Gasteiger partial charge in [-0.25, -0.2) is 0 Å². The van der Waals surface area contributed by atoms with Gasteiger partial charge in [-0.3, -0.25) is 11.3 Å². The van der Waals surface area contributed by atoms with E-state index in [1.54, 1.807) is 14.2 Å².